The van der Waals surface area contributed by atoms with E-state index in [1.165, 1.54) is 13.8 Å². The number of carbonyl (C=O) groups excluding carboxylic acids is 1. The van der Waals surface area contributed by atoms with E-state index in [0.717, 1.165) is 6.42 Å². The minimum atomic E-state index is -3.49. The van der Waals surface area contributed by atoms with Crippen molar-refractivity contribution < 1.29 is 13.2 Å². The Hall–Kier alpha value is -0.620. The van der Waals surface area contributed by atoms with Crippen molar-refractivity contribution >= 4 is 15.9 Å². The summed E-state index contributed by atoms with van der Waals surface area (Å²) in [6, 6.07) is 0.206. The first-order valence-corrected chi connectivity index (χ1v) is 6.62. The Labute approximate surface area is 91.7 Å². The molecule has 6 heteroatoms. The van der Waals surface area contributed by atoms with Gasteiger partial charge in [-0.1, -0.05) is 6.92 Å². The van der Waals surface area contributed by atoms with E-state index in [1.54, 1.807) is 0 Å². The summed E-state index contributed by atoms with van der Waals surface area (Å²) in [6.07, 6.45) is 0.893. The van der Waals surface area contributed by atoms with Crippen molar-refractivity contribution in [3.05, 3.63) is 0 Å². The zero-order valence-electron chi connectivity index (χ0n) is 9.70. The van der Waals surface area contributed by atoms with Crippen molar-refractivity contribution in [2.45, 2.75) is 45.4 Å². The minimum Gasteiger partial charge on any atom is -0.306 e. The molecule has 0 heterocycles. The van der Waals surface area contributed by atoms with E-state index < -0.39 is 21.2 Å². The Morgan fingerprint density at radius 3 is 2.20 bits per heavy atom. The van der Waals surface area contributed by atoms with E-state index in [-0.39, 0.29) is 12.6 Å². The Kier molecular flexibility index (Phi) is 5.82. The predicted octanol–water partition coefficient (Wildman–Crippen LogP) is 0.229. The average molecular weight is 236 g/mol. The first kappa shape index (κ1) is 14.4. The molecule has 0 rings (SSSR count). The third-order valence-corrected chi connectivity index (χ3v) is 3.85. The number of nitrogens with one attached hydrogen (secondary N) is 2. The van der Waals surface area contributed by atoms with Crippen LogP contribution < -0.4 is 10.0 Å². The van der Waals surface area contributed by atoms with Crippen molar-refractivity contribution in [1.29, 1.82) is 0 Å². The smallest absolute Gasteiger partial charge is 0.247 e. The van der Waals surface area contributed by atoms with Gasteiger partial charge in [-0.25, -0.2) is 8.42 Å². The molecule has 5 nitrogen and oxygen atoms in total. The number of hydrogen-bond donors (Lipinski definition) is 2. The molecular formula is C9H20N2O3S. The van der Waals surface area contributed by atoms with E-state index in [0.29, 0.717) is 0 Å². The Morgan fingerprint density at radius 1 is 1.27 bits per heavy atom. The predicted molar refractivity (Wildman–Crippen MR) is 60.0 cm³/mol. The Bertz CT molecular complexity index is 298. The molecule has 1 amide bonds. The molecule has 0 saturated heterocycles. The quantitative estimate of drug-likeness (QED) is 0.692. The minimum absolute atomic E-state index is 0.0287. The largest absolute Gasteiger partial charge is 0.306 e. The maximum atomic E-state index is 11.3. The van der Waals surface area contributed by atoms with E-state index in [2.05, 4.69) is 5.32 Å². The van der Waals surface area contributed by atoms with E-state index in [1.807, 2.05) is 18.6 Å². The van der Waals surface area contributed by atoms with Crippen molar-refractivity contribution in [3.8, 4) is 0 Å². The summed E-state index contributed by atoms with van der Waals surface area (Å²) in [5, 5.41) is 2.32. The van der Waals surface area contributed by atoms with Gasteiger partial charge in [0.25, 0.3) is 0 Å². The van der Waals surface area contributed by atoms with Crippen LogP contribution in [0.15, 0.2) is 0 Å². The number of hydrogen-bond acceptors (Lipinski definition) is 4. The SMILES string of the molecule is CCC(C)NCC(=O)NS(=O)(=O)C(C)C. The molecule has 1 unspecified atom stereocenters. The molecule has 0 aromatic rings. The second-order valence-electron chi connectivity index (χ2n) is 3.81. The van der Waals surface area contributed by atoms with E-state index in [4.69, 9.17) is 0 Å². The number of amides is 1. The normalized spacial score (nSPS) is 13.9. The van der Waals surface area contributed by atoms with E-state index in [9.17, 15) is 13.2 Å². The van der Waals surface area contributed by atoms with Crippen molar-refractivity contribution in [1.82, 2.24) is 10.0 Å². The van der Waals surface area contributed by atoms with Gasteiger partial charge in [0.1, 0.15) is 0 Å². The molecule has 15 heavy (non-hydrogen) atoms. The number of rotatable bonds is 6. The van der Waals surface area contributed by atoms with Crippen LogP contribution in [0.2, 0.25) is 0 Å². The summed E-state index contributed by atoms with van der Waals surface area (Å²) in [7, 11) is -3.49. The lowest BCUT2D eigenvalue weighted by Crippen LogP contribution is -2.42. The summed E-state index contributed by atoms with van der Waals surface area (Å²) in [5.41, 5.74) is 0. The molecule has 0 bridgehead atoms. The Morgan fingerprint density at radius 2 is 1.80 bits per heavy atom. The van der Waals surface area contributed by atoms with Crippen LogP contribution in [0.3, 0.4) is 0 Å². The van der Waals surface area contributed by atoms with Gasteiger partial charge in [-0.05, 0) is 27.2 Å². The molecule has 0 spiro atoms. The second-order valence-corrected chi connectivity index (χ2v) is 6.05. The Balaban J connectivity index is 4.06. The van der Waals surface area contributed by atoms with Crippen molar-refractivity contribution in [2.75, 3.05) is 6.54 Å². The van der Waals surface area contributed by atoms with Gasteiger partial charge in [0.2, 0.25) is 15.9 Å². The molecule has 2 N–H and O–H groups in total. The highest BCUT2D eigenvalue weighted by molar-refractivity contribution is 7.90. The molecular weight excluding hydrogens is 216 g/mol. The van der Waals surface area contributed by atoms with Crippen LogP contribution in [-0.2, 0) is 14.8 Å². The van der Waals surface area contributed by atoms with Crippen molar-refractivity contribution in [2.24, 2.45) is 0 Å². The molecule has 0 aliphatic carbocycles. The number of sulfonamides is 1. The fourth-order valence-electron chi connectivity index (χ4n) is 0.724. The molecule has 0 fully saturated rings. The average Bonchev–Trinajstić information content (AvgIpc) is 2.13. The van der Waals surface area contributed by atoms with Gasteiger partial charge in [-0.2, -0.15) is 0 Å². The molecule has 0 saturated carbocycles. The van der Waals surface area contributed by atoms with Gasteiger partial charge in [0, 0.05) is 6.04 Å². The summed E-state index contributed by atoms with van der Waals surface area (Å²) < 4.78 is 24.6. The zero-order chi connectivity index (χ0) is 12.1. The number of carbonyl (C=O) groups is 1. The third kappa shape index (κ3) is 5.74. The van der Waals surface area contributed by atoms with Crippen LogP contribution in [0.5, 0.6) is 0 Å². The molecule has 0 aromatic carbocycles. The lowest BCUT2D eigenvalue weighted by Gasteiger charge is -2.12. The molecule has 1 atom stereocenters. The maximum absolute atomic E-state index is 11.3. The lowest BCUT2D eigenvalue weighted by molar-refractivity contribution is -0.118. The fraction of sp³-hybridized carbons (Fsp3) is 0.889. The van der Waals surface area contributed by atoms with Crippen LogP contribution in [0, 0.1) is 0 Å². The van der Waals surface area contributed by atoms with Gasteiger partial charge in [0.05, 0.1) is 11.8 Å². The van der Waals surface area contributed by atoms with Crippen LogP contribution in [0.4, 0.5) is 0 Å². The van der Waals surface area contributed by atoms with Gasteiger partial charge < -0.3 is 5.32 Å². The van der Waals surface area contributed by atoms with Crippen LogP contribution >= 0.6 is 0 Å². The van der Waals surface area contributed by atoms with Gasteiger partial charge in [0.15, 0.2) is 0 Å². The van der Waals surface area contributed by atoms with Gasteiger partial charge in [-0.3, -0.25) is 9.52 Å². The molecule has 0 aliphatic rings. The maximum Gasteiger partial charge on any atom is 0.247 e. The van der Waals surface area contributed by atoms with Crippen LogP contribution in [-0.4, -0.2) is 32.2 Å². The first-order chi connectivity index (χ1) is 6.79. The molecule has 0 aromatic heterocycles. The molecule has 90 valence electrons. The summed E-state index contributed by atoms with van der Waals surface area (Å²) in [4.78, 5) is 11.2. The molecule has 0 radical (unpaired) electrons. The van der Waals surface area contributed by atoms with Gasteiger partial charge in [-0.15, -0.1) is 0 Å². The fourth-order valence-corrected chi connectivity index (χ4v) is 1.35. The topological polar surface area (TPSA) is 75.3 Å². The highest BCUT2D eigenvalue weighted by atomic mass is 32.2. The summed E-state index contributed by atoms with van der Waals surface area (Å²) in [5.74, 6) is -0.510. The van der Waals surface area contributed by atoms with Crippen LogP contribution in [0.25, 0.3) is 0 Å². The summed E-state index contributed by atoms with van der Waals surface area (Å²) >= 11 is 0. The monoisotopic (exact) mass is 236 g/mol. The highest BCUT2D eigenvalue weighted by Gasteiger charge is 2.18. The third-order valence-electron chi connectivity index (χ3n) is 2.10. The van der Waals surface area contributed by atoms with Crippen molar-refractivity contribution in [3.63, 3.8) is 0 Å². The highest BCUT2D eigenvalue weighted by Crippen LogP contribution is 1.95. The van der Waals surface area contributed by atoms with Crippen LogP contribution in [0.1, 0.15) is 34.1 Å². The summed E-state index contributed by atoms with van der Waals surface area (Å²) in [6.45, 7) is 7.00. The zero-order valence-corrected chi connectivity index (χ0v) is 10.5. The van der Waals surface area contributed by atoms with Gasteiger partial charge >= 0.3 is 0 Å². The second kappa shape index (κ2) is 6.07. The first-order valence-electron chi connectivity index (χ1n) is 5.07. The van der Waals surface area contributed by atoms with E-state index >= 15 is 0 Å². The molecule has 0 aliphatic heterocycles. The standard InChI is InChI=1S/C9H20N2O3S/c1-5-8(4)10-6-9(12)11-15(13,14)7(2)3/h7-8,10H,5-6H2,1-4H3,(H,11,12). The lowest BCUT2D eigenvalue weighted by atomic mass is 10.3.